The second-order valence-electron chi connectivity index (χ2n) is 8.56. The zero-order valence-corrected chi connectivity index (χ0v) is 17.8. The van der Waals surface area contributed by atoms with Crippen LogP contribution in [0.5, 0.6) is 0 Å². The van der Waals surface area contributed by atoms with Gasteiger partial charge in [-0.2, -0.15) is 0 Å². The summed E-state index contributed by atoms with van der Waals surface area (Å²) in [6.07, 6.45) is 7.08. The second kappa shape index (κ2) is 8.16. The Bertz CT molecular complexity index is 898. The number of likely N-dealkylation sites (tertiary alicyclic amines) is 1. The van der Waals surface area contributed by atoms with Crippen molar-refractivity contribution >= 4 is 33.3 Å². The van der Waals surface area contributed by atoms with Gasteiger partial charge >= 0.3 is 0 Å². The Morgan fingerprint density at radius 2 is 1.66 bits per heavy atom. The number of aryl methyl sites for hydroxylation is 2. The predicted octanol–water partition coefficient (Wildman–Crippen LogP) is 1.89. The first-order valence-corrected chi connectivity index (χ1v) is 11.8. The maximum Gasteiger partial charge on any atom is 0.236 e. The minimum atomic E-state index is 0.291. The number of nitrogen functional groups attached to an aromatic ring is 1. The number of anilines is 1. The number of fused-ring (bicyclic) bond motifs is 3. The van der Waals surface area contributed by atoms with E-state index in [1.54, 1.807) is 0 Å². The number of nitrogens with two attached hydrogens (primary N) is 1. The van der Waals surface area contributed by atoms with Crippen molar-refractivity contribution < 1.29 is 4.79 Å². The van der Waals surface area contributed by atoms with Crippen molar-refractivity contribution in [2.24, 2.45) is 0 Å². The van der Waals surface area contributed by atoms with Crippen molar-refractivity contribution in [3.63, 3.8) is 0 Å². The largest absolute Gasteiger partial charge is 0.383 e. The summed E-state index contributed by atoms with van der Waals surface area (Å²) in [5, 5.41) is 1.11. The first-order valence-electron chi connectivity index (χ1n) is 11.0. The number of rotatable bonds is 4. The molecule has 156 valence electrons. The van der Waals surface area contributed by atoms with E-state index in [-0.39, 0.29) is 0 Å². The van der Waals surface area contributed by atoms with Crippen LogP contribution >= 0.6 is 11.3 Å². The fourth-order valence-corrected chi connectivity index (χ4v) is 6.15. The molecule has 1 amide bonds. The molecule has 0 spiro atoms. The monoisotopic (exact) mass is 414 g/mol. The minimum absolute atomic E-state index is 0.291. The maximum atomic E-state index is 12.4. The van der Waals surface area contributed by atoms with E-state index in [0.717, 1.165) is 87.5 Å². The zero-order valence-electron chi connectivity index (χ0n) is 17.0. The Labute approximate surface area is 175 Å². The summed E-state index contributed by atoms with van der Waals surface area (Å²) >= 11 is 1.81. The summed E-state index contributed by atoms with van der Waals surface area (Å²) in [7, 11) is 0. The summed E-state index contributed by atoms with van der Waals surface area (Å²) < 4.78 is 0. The standard InChI is InChI=1S/C21H30N6OS/c22-20-19-15-5-1-2-6-16(15)29-21(19)24-17(23-20)13-25-9-11-26(12-10-25)14-18(28)27-7-3-4-8-27/h1-14H2,(H2,22,23,24). The molecule has 2 N–H and O–H groups in total. The Balaban J connectivity index is 1.20. The van der Waals surface area contributed by atoms with Crippen molar-refractivity contribution in [3.05, 3.63) is 16.3 Å². The van der Waals surface area contributed by atoms with Crippen molar-refractivity contribution in [1.82, 2.24) is 24.7 Å². The lowest BCUT2D eigenvalue weighted by Crippen LogP contribution is -2.49. The summed E-state index contributed by atoms with van der Waals surface area (Å²) in [6, 6.07) is 0. The van der Waals surface area contributed by atoms with Crippen LogP contribution in [0.4, 0.5) is 5.82 Å². The first kappa shape index (κ1) is 19.2. The van der Waals surface area contributed by atoms with Crippen LogP contribution in [0.1, 0.15) is 41.9 Å². The lowest BCUT2D eigenvalue weighted by atomic mass is 9.97. The first-order chi connectivity index (χ1) is 14.2. The molecule has 0 aromatic carbocycles. The third-order valence-corrected chi connectivity index (χ3v) is 7.72. The van der Waals surface area contributed by atoms with E-state index >= 15 is 0 Å². The van der Waals surface area contributed by atoms with Gasteiger partial charge in [0.15, 0.2) is 0 Å². The Morgan fingerprint density at radius 1 is 0.931 bits per heavy atom. The molecule has 0 atom stereocenters. The second-order valence-corrected chi connectivity index (χ2v) is 9.64. The number of aromatic nitrogens is 2. The van der Waals surface area contributed by atoms with Crippen molar-refractivity contribution in [1.29, 1.82) is 0 Å². The van der Waals surface area contributed by atoms with E-state index in [1.165, 1.54) is 23.3 Å². The van der Waals surface area contributed by atoms with Gasteiger partial charge in [0.25, 0.3) is 0 Å². The van der Waals surface area contributed by atoms with Gasteiger partial charge in [-0.15, -0.1) is 11.3 Å². The van der Waals surface area contributed by atoms with Crippen molar-refractivity contribution in [2.75, 3.05) is 51.5 Å². The van der Waals surface area contributed by atoms with Crippen LogP contribution in [0.25, 0.3) is 10.2 Å². The Kier molecular flexibility index (Phi) is 5.41. The van der Waals surface area contributed by atoms with Gasteiger partial charge < -0.3 is 10.6 Å². The van der Waals surface area contributed by atoms with E-state index in [4.69, 9.17) is 10.7 Å². The third-order valence-electron chi connectivity index (χ3n) is 6.54. The lowest BCUT2D eigenvalue weighted by Gasteiger charge is -2.34. The summed E-state index contributed by atoms with van der Waals surface area (Å²) in [6.45, 7) is 6.89. The Morgan fingerprint density at radius 3 is 2.45 bits per heavy atom. The number of piperazine rings is 1. The average Bonchev–Trinajstić information content (AvgIpc) is 3.37. The van der Waals surface area contributed by atoms with Gasteiger partial charge in [0.1, 0.15) is 16.5 Å². The fourth-order valence-electron chi connectivity index (χ4n) is 4.87. The molecule has 2 fully saturated rings. The number of thiophene rings is 1. The summed E-state index contributed by atoms with van der Waals surface area (Å²) in [4.78, 5) is 31.1. The molecule has 2 aromatic heterocycles. The lowest BCUT2D eigenvalue weighted by molar-refractivity contribution is -0.131. The Hall–Kier alpha value is -1.77. The normalized spacial score (nSPS) is 21.0. The highest BCUT2D eigenvalue weighted by Gasteiger charge is 2.25. The molecule has 5 rings (SSSR count). The summed E-state index contributed by atoms with van der Waals surface area (Å²) in [5.74, 6) is 1.77. The molecule has 4 heterocycles. The van der Waals surface area contributed by atoms with E-state index in [2.05, 4.69) is 14.8 Å². The predicted molar refractivity (Wildman–Crippen MR) is 116 cm³/mol. The van der Waals surface area contributed by atoms with E-state index < -0.39 is 0 Å². The molecule has 0 unspecified atom stereocenters. The van der Waals surface area contributed by atoms with Gasteiger partial charge in [-0.1, -0.05) is 0 Å². The molecule has 0 bridgehead atoms. The van der Waals surface area contributed by atoms with Crippen LogP contribution < -0.4 is 5.73 Å². The molecule has 2 aromatic rings. The van der Waals surface area contributed by atoms with Gasteiger partial charge in [0.05, 0.1) is 18.5 Å². The number of amides is 1. The van der Waals surface area contributed by atoms with Gasteiger partial charge in [-0.3, -0.25) is 14.6 Å². The molecule has 3 aliphatic rings. The van der Waals surface area contributed by atoms with Crippen molar-refractivity contribution in [2.45, 2.75) is 45.1 Å². The van der Waals surface area contributed by atoms with E-state index in [0.29, 0.717) is 18.3 Å². The molecular weight excluding hydrogens is 384 g/mol. The van der Waals surface area contributed by atoms with E-state index in [9.17, 15) is 4.79 Å². The third kappa shape index (κ3) is 3.98. The number of hydrogen-bond donors (Lipinski definition) is 1. The smallest absolute Gasteiger partial charge is 0.236 e. The molecular formula is C21H30N6OS. The highest BCUT2D eigenvalue weighted by molar-refractivity contribution is 7.19. The van der Waals surface area contributed by atoms with Crippen LogP contribution in [0.3, 0.4) is 0 Å². The van der Waals surface area contributed by atoms with E-state index in [1.807, 2.05) is 16.2 Å². The SMILES string of the molecule is Nc1nc(CN2CCN(CC(=O)N3CCCC3)CC2)nc2sc3c(c12)CCCC3. The maximum absolute atomic E-state index is 12.4. The highest BCUT2D eigenvalue weighted by atomic mass is 32.1. The minimum Gasteiger partial charge on any atom is -0.383 e. The summed E-state index contributed by atoms with van der Waals surface area (Å²) in [5.41, 5.74) is 7.75. The molecule has 29 heavy (non-hydrogen) atoms. The molecule has 2 aliphatic heterocycles. The van der Waals surface area contributed by atoms with Gasteiger partial charge in [-0.05, 0) is 44.1 Å². The van der Waals surface area contributed by atoms with Crippen LogP contribution in [0.15, 0.2) is 0 Å². The number of carbonyl (C=O) groups excluding carboxylic acids is 1. The highest BCUT2D eigenvalue weighted by Crippen LogP contribution is 2.37. The van der Waals surface area contributed by atoms with Gasteiger partial charge in [0, 0.05) is 44.1 Å². The number of carbonyl (C=O) groups is 1. The van der Waals surface area contributed by atoms with Crippen LogP contribution in [0.2, 0.25) is 0 Å². The topological polar surface area (TPSA) is 78.6 Å². The molecule has 2 saturated heterocycles. The number of nitrogens with zero attached hydrogens (tertiary/aromatic N) is 5. The van der Waals surface area contributed by atoms with Crippen LogP contribution in [0, 0.1) is 0 Å². The molecule has 7 nitrogen and oxygen atoms in total. The van der Waals surface area contributed by atoms with Crippen LogP contribution in [-0.2, 0) is 24.2 Å². The fraction of sp³-hybridized carbons (Fsp3) is 0.667. The van der Waals surface area contributed by atoms with Gasteiger partial charge in [0.2, 0.25) is 5.91 Å². The zero-order chi connectivity index (χ0) is 19.8. The van der Waals surface area contributed by atoms with Gasteiger partial charge in [-0.25, -0.2) is 9.97 Å². The number of hydrogen-bond acceptors (Lipinski definition) is 7. The van der Waals surface area contributed by atoms with Crippen LogP contribution in [-0.4, -0.2) is 76.4 Å². The molecule has 0 radical (unpaired) electrons. The molecule has 0 saturated carbocycles. The van der Waals surface area contributed by atoms with Crippen molar-refractivity contribution in [3.8, 4) is 0 Å². The molecule has 1 aliphatic carbocycles. The quantitative estimate of drug-likeness (QED) is 0.823. The average molecular weight is 415 g/mol. The molecule has 8 heteroatoms.